The Morgan fingerprint density at radius 3 is 2.46 bits per heavy atom. The number of hydrogen-bond donors (Lipinski definition) is 1. The monoisotopic (exact) mass is 344 g/mol. The maximum Gasteiger partial charge on any atom is 0.0861 e. The number of unbranched alkanes of at least 4 members (excludes halogenated alkanes) is 4. The highest BCUT2D eigenvalue weighted by molar-refractivity contribution is 6.83. The Hall–Kier alpha value is -1.00. The minimum absolute atomic E-state index is 0.786. The first kappa shape index (κ1) is 21.0. The molecular formula is C22H36OSi. The average Bonchev–Trinajstić information content (AvgIpc) is 2.87. The van der Waals surface area contributed by atoms with Crippen molar-refractivity contribution in [1.82, 2.24) is 0 Å². The summed E-state index contributed by atoms with van der Waals surface area (Å²) in [5.41, 5.74) is 5.31. The van der Waals surface area contributed by atoms with Gasteiger partial charge in [-0.15, -0.1) is 5.73 Å². The normalized spacial score (nSPS) is 15.0. The van der Waals surface area contributed by atoms with Gasteiger partial charge in [0.2, 0.25) is 0 Å². The van der Waals surface area contributed by atoms with E-state index in [-0.39, 0.29) is 0 Å². The molecule has 0 saturated carbocycles. The Morgan fingerprint density at radius 1 is 1.17 bits per heavy atom. The smallest absolute Gasteiger partial charge is 0.0861 e. The molecular weight excluding hydrogens is 308 g/mol. The largest absolute Gasteiger partial charge is 0.386 e. The second-order valence-corrected chi connectivity index (χ2v) is 13.4. The van der Waals surface area contributed by atoms with Gasteiger partial charge in [0.15, 0.2) is 0 Å². The third-order valence-corrected chi connectivity index (χ3v) is 6.66. The molecule has 0 aromatic carbocycles. The van der Waals surface area contributed by atoms with Crippen molar-refractivity contribution in [2.75, 3.05) is 0 Å². The average molecular weight is 345 g/mol. The summed E-state index contributed by atoms with van der Waals surface area (Å²) in [5, 5.41) is 11.6. The third-order valence-electron chi connectivity index (χ3n) is 4.41. The maximum absolute atomic E-state index is 10.5. The van der Waals surface area contributed by atoms with Gasteiger partial charge in [0.1, 0.15) is 0 Å². The Labute approximate surface area is 151 Å². The van der Waals surface area contributed by atoms with Gasteiger partial charge in [-0.3, -0.25) is 0 Å². The van der Waals surface area contributed by atoms with Gasteiger partial charge in [-0.1, -0.05) is 57.7 Å². The third kappa shape index (κ3) is 7.26. The molecule has 0 saturated heterocycles. The van der Waals surface area contributed by atoms with Gasteiger partial charge in [0.05, 0.1) is 13.7 Å². The Morgan fingerprint density at radius 2 is 1.88 bits per heavy atom. The number of aliphatic hydroxyl groups is 1. The van der Waals surface area contributed by atoms with E-state index in [1.807, 2.05) is 13.8 Å². The lowest BCUT2D eigenvalue weighted by molar-refractivity contribution is 0.127. The molecule has 0 unspecified atom stereocenters. The van der Waals surface area contributed by atoms with E-state index in [1.54, 1.807) is 0 Å². The summed E-state index contributed by atoms with van der Waals surface area (Å²) in [7, 11) is -1.59. The molecule has 0 radical (unpaired) electrons. The lowest BCUT2D eigenvalue weighted by atomic mass is 10.1. The molecule has 134 valence electrons. The Bertz CT molecular complexity index is 548. The second kappa shape index (κ2) is 9.47. The summed E-state index contributed by atoms with van der Waals surface area (Å²) in [6.45, 7) is 12.8. The van der Waals surface area contributed by atoms with Crippen molar-refractivity contribution in [3.8, 4) is 11.8 Å². The van der Waals surface area contributed by atoms with Crippen LogP contribution in [0.25, 0.3) is 0 Å². The standard InChI is InChI=1S/C22H36OSi/c1-7-8-9-10-11-12-14-19-15-13-16-20(19)17-18-21(22(2,3)23)24(4,5)6/h17,23H,7-11,13,15-16H2,1-6H3. The topological polar surface area (TPSA) is 20.2 Å². The van der Waals surface area contributed by atoms with Crippen LogP contribution in [0.2, 0.25) is 19.6 Å². The predicted octanol–water partition coefficient (Wildman–Crippen LogP) is 6.17. The zero-order valence-corrected chi connectivity index (χ0v) is 17.7. The molecule has 1 rings (SSSR count). The van der Waals surface area contributed by atoms with Crippen LogP contribution < -0.4 is 0 Å². The highest BCUT2D eigenvalue weighted by atomic mass is 28.3. The number of hydrogen-bond acceptors (Lipinski definition) is 1. The Kier molecular flexibility index (Phi) is 8.30. The zero-order valence-electron chi connectivity index (χ0n) is 16.7. The van der Waals surface area contributed by atoms with E-state index in [0.717, 1.165) is 24.5 Å². The van der Waals surface area contributed by atoms with E-state index in [1.165, 1.54) is 43.3 Å². The maximum atomic E-state index is 10.5. The van der Waals surface area contributed by atoms with Crippen LogP contribution in [0.5, 0.6) is 0 Å². The van der Waals surface area contributed by atoms with Gasteiger partial charge in [-0.25, -0.2) is 0 Å². The minimum atomic E-state index is -1.59. The van der Waals surface area contributed by atoms with Crippen molar-refractivity contribution in [2.45, 2.75) is 97.4 Å². The number of allylic oxidation sites excluding steroid dienone is 2. The quantitative estimate of drug-likeness (QED) is 0.253. The van der Waals surface area contributed by atoms with Crippen molar-refractivity contribution in [1.29, 1.82) is 0 Å². The lowest BCUT2D eigenvalue weighted by Gasteiger charge is -2.29. The van der Waals surface area contributed by atoms with Gasteiger partial charge < -0.3 is 5.11 Å². The van der Waals surface area contributed by atoms with Crippen LogP contribution >= 0.6 is 0 Å². The summed E-state index contributed by atoms with van der Waals surface area (Å²) in [6, 6.07) is 0. The SMILES string of the molecule is CCCCCCC#CC1=C(C=C=C(C(C)(C)O)[Si](C)(C)C)CCC1. The second-order valence-electron chi connectivity index (χ2n) is 8.44. The molecule has 1 aliphatic rings. The molecule has 0 heterocycles. The van der Waals surface area contributed by atoms with Gasteiger partial charge in [0, 0.05) is 12.0 Å². The molecule has 0 bridgehead atoms. The van der Waals surface area contributed by atoms with E-state index in [4.69, 9.17) is 0 Å². The van der Waals surface area contributed by atoms with Crippen molar-refractivity contribution >= 4 is 8.07 Å². The molecule has 2 heteroatoms. The molecule has 24 heavy (non-hydrogen) atoms. The fourth-order valence-electron chi connectivity index (χ4n) is 3.35. The van der Waals surface area contributed by atoms with E-state index >= 15 is 0 Å². The summed E-state index contributed by atoms with van der Waals surface area (Å²) in [5.74, 6) is 6.77. The predicted molar refractivity (Wildman–Crippen MR) is 109 cm³/mol. The van der Waals surface area contributed by atoms with Gasteiger partial charge in [-0.05, 0) is 56.4 Å². The lowest BCUT2D eigenvalue weighted by Crippen LogP contribution is -2.37. The van der Waals surface area contributed by atoms with E-state index in [9.17, 15) is 5.11 Å². The molecule has 0 atom stereocenters. The first-order valence-electron chi connectivity index (χ1n) is 9.57. The first-order chi connectivity index (χ1) is 11.2. The van der Waals surface area contributed by atoms with Crippen LogP contribution in [-0.2, 0) is 0 Å². The molecule has 0 amide bonds. The van der Waals surface area contributed by atoms with Crippen LogP contribution in [0.4, 0.5) is 0 Å². The highest BCUT2D eigenvalue weighted by Crippen LogP contribution is 2.29. The van der Waals surface area contributed by atoms with Crippen LogP contribution in [0, 0.1) is 11.8 Å². The van der Waals surface area contributed by atoms with Crippen LogP contribution in [0.1, 0.15) is 72.1 Å². The van der Waals surface area contributed by atoms with Crippen molar-refractivity contribution in [2.24, 2.45) is 0 Å². The van der Waals surface area contributed by atoms with E-state index < -0.39 is 13.7 Å². The molecule has 0 spiro atoms. The summed E-state index contributed by atoms with van der Waals surface area (Å²) >= 11 is 0. The van der Waals surface area contributed by atoms with E-state index in [2.05, 4.69) is 50.2 Å². The minimum Gasteiger partial charge on any atom is -0.386 e. The highest BCUT2D eigenvalue weighted by Gasteiger charge is 2.31. The molecule has 1 aliphatic carbocycles. The fraction of sp³-hybridized carbons (Fsp3) is 0.682. The summed E-state index contributed by atoms with van der Waals surface area (Å²) < 4.78 is 0. The van der Waals surface area contributed by atoms with Gasteiger partial charge in [0.25, 0.3) is 0 Å². The molecule has 1 N–H and O–H groups in total. The molecule has 1 nitrogen and oxygen atoms in total. The summed E-state index contributed by atoms with van der Waals surface area (Å²) in [6.07, 6.45) is 11.6. The van der Waals surface area contributed by atoms with Crippen molar-refractivity contribution in [3.05, 3.63) is 28.1 Å². The van der Waals surface area contributed by atoms with Crippen molar-refractivity contribution < 1.29 is 5.11 Å². The summed E-state index contributed by atoms with van der Waals surface area (Å²) in [4.78, 5) is 0. The number of rotatable bonds is 7. The zero-order chi connectivity index (χ0) is 18.2. The van der Waals surface area contributed by atoms with Crippen molar-refractivity contribution in [3.63, 3.8) is 0 Å². The molecule has 0 aromatic rings. The van der Waals surface area contributed by atoms with E-state index in [0.29, 0.717) is 0 Å². The van der Waals surface area contributed by atoms with Gasteiger partial charge >= 0.3 is 0 Å². The molecule has 0 fully saturated rings. The van der Waals surface area contributed by atoms with Crippen LogP contribution in [0.3, 0.4) is 0 Å². The first-order valence-corrected chi connectivity index (χ1v) is 13.1. The van der Waals surface area contributed by atoms with Gasteiger partial charge in [-0.2, -0.15) is 0 Å². The fourth-order valence-corrected chi connectivity index (χ4v) is 5.69. The van der Waals surface area contributed by atoms with Crippen LogP contribution in [0.15, 0.2) is 28.1 Å². The Balaban J connectivity index is 2.93. The molecule has 0 aromatic heterocycles. The van der Waals surface area contributed by atoms with Crippen LogP contribution in [-0.4, -0.2) is 18.8 Å². The molecule has 0 aliphatic heterocycles.